The zero-order chi connectivity index (χ0) is 27.9. The fourth-order valence-corrected chi connectivity index (χ4v) is 5.31. The van der Waals surface area contributed by atoms with Gasteiger partial charge in [-0.3, -0.25) is 13.9 Å². The molecule has 0 radical (unpaired) electrons. The summed E-state index contributed by atoms with van der Waals surface area (Å²) in [5.74, 6) is -0.168. The molecule has 0 heterocycles. The molecule has 3 aromatic carbocycles. The van der Waals surface area contributed by atoms with Crippen LogP contribution in [0.5, 0.6) is 5.75 Å². The van der Waals surface area contributed by atoms with Gasteiger partial charge in [-0.15, -0.1) is 0 Å². The molecule has 8 nitrogen and oxygen atoms in total. The minimum atomic E-state index is -4.07. The van der Waals surface area contributed by atoms with Crippen LogP contribution in [0.4, 0.5) is 5.69 Å². The number of carbonyl (C=O) groups excluding carboxylic acids is 2. The van der Waals surface area contributed by atoms with Gasteiger partial charge in [0.25, 0.3) is 10.0 Å². The molecule has 202 valence electrons. The Hall–Kier alpha value is -3.85. The molecule has 0 aliphatic heterocycles. The summed E-state index contributed by atoms with van der Waals surface area (Å²) in [6, 6.07) is 21.1. The first-order chi connectivity index (χ1) is 18.0. The molecule has 1 atom stereocenters. The van der Waals surface area contributed by atoms with Gasteiger partial charge in [0.2, 0.25) is 11.8 Å². The number of hydrogen-bond donors (Lipinski definition) is 1. The van der Waals surface area contributed by atoms with Crippen molar-refractivity contribution in [3.05, 3.63) is 90.0 Å². The van der Waals surface area contributed by atoms with Gasteiger partial charge in [0, 0.05) is 12.6 Å². The summed E-state index contributed by atoms with van der Waals surface area (Å²) in [7, 11) is -2.51. The molecule has 9 heteroatoms. The summed E-state index contributed by atoms with van der Waals surface area (Å²) >= 11 is 0. The molecule has 0 bridgehead atoms. The van der Waals surface area contributed by atoms with Gasteiger partial charge >= 0.3 is 0 Å². The Morgan fingerprint density at radius 2 is 1.50 bits per heavy atom. The summed E-state index contributed by atoms with van der Waals surface area (Å²) in [4.78, 5) is 28.3. The summed E-state index contributed by atoms with van der Waals surface area (Å²) in [5, 5.41) is 2.84. The van der Waals surface area contributed by atoms with Crippen molar-refractivity contribution >= 4 is 27.5 Å². The molecular weight excluding hydrogens is 502 g/mol. The van der Waals surface area contributed by atoms with E-state index in [1.807, 2.05) is 32.9 Å². The standard InChI is InChI=1S/C29H35N3O5S/c1-21(2)30-29(34)23(4)31(19-24-13-17-26(37-5)18-14-24)28(33)20-32(25-15-11-22(3)12-16-25)38(35,36)27-9-7-6-8-10-27/h6-18,21,23H,19-20H2,1-5H3,(H,30,34)/t23-/m0/s1. The van der Waals surface area contributed by atoms with Crippen LogP contribution in [0.1, 0.15) is 31.9 Å². The van der Waals surface area contributed by atoms with Gasteiger partial charge in [0.15, 0.2) is 0 Å². The second-order valence-corrected chi connectivity index (χ2v) is 11.2. The van der Waals surface area contributed by atoms with E-state index in [0.29, 0.717) is 11.4 Å². The molecule has 0 saturated carbocycles. The lowest BCUT2D eigenvalue weighted by molar-refractivity contribution is -0.139. The molecule has 0 unspecified atom stereocenters. The third kappa shape index (κ3) is 7.13. The lowest BCUT2D eigenvalue weighted by atomic mass is 10.1. The number of nitrogens with zero attached hydrogens (tertiary/aromatic N) is 2. The van der Waals surface area contributed by atoms with Gasteiger partial charge in [-0.25, -0.2) is 8.42 Å². The molecule has 0 spiro atoms. The van der Waals surface area contributed by atoms with E-state index in [0.717, 1.165) is 15.4 Å². The van der Waals surface area contributed by atoms with Crippen LogP contribution >= 0.6 is 0 Å². The number of methoxy groups -OCH3 is 1. The van der Waals surface area contributed by atoms with Gasteiger partial charge in [-0.2, -0.15) is 0 Å². The maximum absolute atomic E-state index is 13.8. The van der Waals surface area contributed by atoms with Crippen LogP contribution in [0.15, 0.2) is 83.8 Å². The predicted molar refractivity (Wildman–Crippen MR) is 148 cm³/mol. The summed E-state index contributed by atoms with van der Waals surface area (Å²) in [6.45, 7) is 6.85. The zero-order valence-corrected chi connectivity index (χ0v) is 23.2. The second-order valence-electron chi connectivity index (χ2n) is 9.37. The molecule has 38 heavy (non-hydrogen) atoms. The van der Waals surface area contributed by atoms with Crippen LogP contribution in [0.3, 0.4) is 0 Å². The number of nitrogens with one attached hydrogen (secondary N) is 1. The van der Waals surface area contributed by atoms with E-state index >= 15 is 0 Å². The van der Waals surface area contributed by atoms with Crippen LogP contribution in [-0.4, -0.2) is 50.9 Å². The van der Waals surface area contributed by atoms with Crippen LogP contribution in [0.2, 0.25) is 0 Å². The summed E-state index contributed by atoms with van der Waals surface area (Å²) < 4.78 is 33.7. The smallest absolute Gasteiger partial charge is 0.264 e. The fraction of sp³-hybridized carbons (Fsp3) is 0.310. The highest BCUT2D eigenvalue weighted by Crippen LogP contribution is 2.25. The van der Waals surface area contributed by atoms with Gasteiger partial charge < -0.3 is 15.0 Å². The zero-order valence-electron chi connectivity index (χ0n) is 22.4. The second kappa shape index (κ2) is 12.6. The summed E-state index contributed by atoms with van der Waals surface area (Å²) in [6.07, 6.45) is 0. The lowest BCUT2D eigenvalue weighted by Crippen LogP contribution is -2.52. The van der Waals surface area contributed by atoms with Crippen molar-refractivity contribution in [2.45, 2.75) is 51.2 Å². The fourth-order valence-electron chi connectivity index (χ4n) is 3.87. The molecule has 3 rings (SSSR count). The highest BCUT2D eigenvalue weighted by atomic mass is 32.2. The number of aryl methyl sites for hydroxylation is 1. The Bertz CT molecular complexity index is 1320. The van der Waals surface area contributed by atoms with Crippen molar-refractivity contribution in [1.29, 1.82) is 0 Å². The van der Waals surface area contributed by atoms with E-state index in [1.54, 1.807) is 68.6 Å². The highest BCUT2D eigenvalue weighted by Gasteiger charge is 2.32. The monoisotopic (exact) mass is 537 g/mol. The minimum Gasteiger partial charge on any atom is -0.497 e. The Morgan fingerprint density at radius 3 is 2.05 bits per heavy atom. The van der Waals surface area contributed by atoms with Crippen molar-refractivity contribution in [3.8, 4) is 5.75 Å². The van der Waals surface area contributed by atoms with Crippen LogP contribution in [0, 0.1) is 6.92 Å². The van der Waals surface area contributed by atoms with Crippen LogP contribution < -0.4 is 14.4 Å². The molecule has 0 aliphatic rings. The first kappa shape index (κ1) is 28.7. The molecule has 0 aliphatic carbocycles. The third-order valence-corrected chi connectivity index (χ3v) is 7.83. The van der Waals surface area contributed by atoms with Crippen molar-refractivity contribution in [2.24, 2.45) is 0 Å². The SMILES string of the molecule is COc1ccc(CN(C(=O)CN(c2ccc(C)cc2)S(=O)(=O)c2ccccc2)[C@@H](C)C(=O)NC(C)C)cc1. The van der Waals surface area contributed by atoms with Crippen LogP contribution in [-0.2, 0) is 26.2 Å². The predicted octanol–water partition coefficient (Wildman–Crippen LogP) is 4.14. The Balaban J connectivity index is 2.00. The van der Waals surface area contributed by atoms with Gasteiger partial charge in [0.1, 0.15) is 18.3 Å². The maximum atomic E-state index is 13.8. The molecule has 1 N–H and O–H groups in total. The number of rotatable bonds is 11. The number of ether oxygens (including phenoxy) is 1. The largest absolute Gasteiger partial charge is 0.497 e. The molecule has 0 aromatic heterocycles. The van der Waals surface area contributed by atoms with Gasteiger partial charge in [-0.05, 0) is 69.7 Å². The van der Waals surface area contributed by atoms with Crippen LogP contribution in [0.25, 0.3) is 0 Å². The normalized spacial score (nSPS) is 12.1. The molecule has 0 fully saturated rings. The number of carbonyl (C=O) groups is 2. The molecular formula is C29H35N3O5S. The number of benzene rings is 3. The van der Waals surface area contributed by atoms with E-state index in [2.05, 4.69) is 5.32 Å². The first-order valence-corrected chi connectivity index (χ1v) is 13.8. The number of hydrogen-bond acceptors (Lipinski definition) is 5. The van der Waals surface area contributed by atoms with E-state index < -0.39 is 28.5 Å². The van der Waals surface area contributed by atoms with Gasteiger partial charge in [0.05, 0.1) is 17.7 Å². The number of anilines is 1. The third-order valence-electron chi connectivity index (χ3n) is 6.04. The van der Waals surface area contributed by atoms with Crippen molar-refractivity contribution in [1.82, 2.24) is 10.2 Å². The lowest BCUT2D eigenvalue weighted by Gasteiger charge is -2.32. The topological polar surface area (TPSA) is 96.0 Å². The van der Waals surface area contributed by atoms with Crippen molar-refractivity contribution in [2.75, 3.05) is 18.0 Å². The number of amides is 2. The Kier molecular flexibility index (Phi) is 9.52. The minimum absolute atomic E-state index is 0.0701. The maximum Gasteiger partial charge on any atom is 0.264 e. The average Bonchev–Trinajstić information content (AvgIpc) is 2.90. The van der Waals surface area contributed by atoms with E-state index in [-0.39, 0.29) is 23.4 Å². The summed E-state index contributed by atoms with van der Waals surface area (Å²) in [5.41, 5.74) is 2.09. The highest BCUT2D eigenvalue weighted by molar-refractivity contribution is 7.92. The van der Waals surface area contributed by atoms with Crippen molar-refractivity contribution in [3.63, 3.8) is 0 Å². The average molecular weight is 538 g/mol. The Labute approximate surface area is 225 Å². The van der Waals surface area contributed by atoms with E-state index in [9.17, 15) is 18.0 Å². The quantitative estimate of drug-likeness (QED) is 0.397. The molecule has 2 amide bonds. The van der Waals surface area contributed by atoms with E-state index in [4.69, 9.17) is 4.74 Å². The first-order valence-electron chi connectivity index (χ1n) is 12.4. The van der Waals surface area contributed by atoms with E-state index in [1.165, 1.54) is 17.0 Å². The number of sulfonamides is 1. The van der Waals surface area contributed by atoms with Gasteiger partial charge in [-0.1, -0.05) is 48.0 Å². The Morgan fingerprint density at radius 1 is 0.895 bits per heavy atom. The molecule has 0 saturated heterocycles. The van der Waals surface area contributed by atoms with Crippen molar-refractivity contribution < 1.29 is 22.7 Å². The molecule has 3 aromatic rings.